The Balaban J connectivity index is 2.08. The normalized spacial score (nSPS) is 24.2. The maximum atomic E-state index is 5.32. The second-order valence-corrected chi connectivity index (χ2v) is 3.02. The van der Waals surface area contributed by atoms with Crippen LogP contribution in [0.5, 0.6) is 0 Å². The van der Waals surface area contributed by atoms with Crippen LogP contribution in [0.3, 0.4) is 0 Å². The van der Waals surface area contributed by atoms with Crippen LogP contribution in [-0.2, 0) is 0 Å². The van der Waals surface area contributed by atoms with E-state index in [4.69, 9.17) is 10.2 Å². The average molecular weight is 168 g/mol. The van der Waals surface area contributed by atoms with E-state index in [-0.39, 0.29) is 6.01 Å². The quantitative estimate of drug-likeness (QED) is 0.622. The van der Waals surface area contributed by atoms with E-state index in [0.717, 1.165) is 25.9 Å². The van der Waals surface area contributed by atoms with Crippen molar-refractivity contribution < 1.29 is 4.42 Å². The van der Waals surface area contributed by atoms with Crippen LogP contribution in [0.1, 0.15) is 24.7 Å². The average Bonchev–Trinajstić information content (AvgIpc) is 2.54. The topological polar surface area (TPSA) is 77.0 Å². The molecule has 1 saturated heterocycles. The summed E-state index contributed by atoms with van der Waals surface area (Å²) < 4.78 is 5.14. The van der Waals surface area contributed by atoms with Crippen molar-refractivity contribution in [3.8, 4) is 0 Å². The molecule has 12 heavy (non-hydrogen) atoms. The van der Waals surface area contributed by atoms with Gasteiger partial charge in [-0.05, 0) is 19.4 Å². The molecule has 0 bridgehead atoms. The van der Waals surface area contributed by atoms with E-state index in [2.05, 4.69) is 15.5 Å². The lowest BCUT2D eigenvalue weighted by Crippen LogP contribution is -2.28. The largest absolute Gasteiger partial charge is 0.408 e. The summed E-state index contributed by atoms with van der Waals surface area (Å²) in [5.74, 6) is 1.02. The lowest BCUT2D eigenvalue weighted by molar-refractivity contribution is 0.382. The Morgan fingerprint density at radius 3 is 3.00 bits per heavy atom. The van der Waals surface area contributed by atoms with Gasteiger partial charge in [0.25, 0.3) is 0 Å². The smallest absolute Gasteiger partial charge is 0.312 e. The second kappa shape index (κ2) is 3.10. The van der Waals surface area contributed by atoms with Crippen LogP contribution in [0.4, 0.5) is 6.01 Å². The van der Waals surface area contributed by atoms with Gasteiger partial charge < -0.3 is 15.5 Å². The lowest BCUT2D eigenvalue weighted by Gasteiger charge is -2.18. The fraction of sp³-hybridized carbons (Fsp3) is 0.714. The molecule has 1 fully saturated rings. The predicted molar refractivity (Wildman–Crippen MR) is 43.6 cm³/mol. The summed E-state index contributed by atoms with van der Waals surface area (Å²) >= 11 is 0. The third kappa shape index (κ3) is 1.40. The summed E-state index contributed by atoms with van der Waals surface area (Å²) in [5, 5.41) is 10.8. The van der Waals surface area contributed by atoms with Crippen LogP contribution >= 0.6 is 0 Å². The summed E-state index contributed by atoms with van der Waals surface area (Å²) in [6.45, 7) is 2.00. The van der Waals surface area contributed by atoms with Crippen LogP contribution in [-0.4, -0.2) is 23.3 Å². The van der Waals surface area contributed by atoms with Crippen LogP contribution < -0.4 is 11.1 Å². The first-order valence-corrected chi connectivity index (χ1v) is 4.16. The maximum absolute atomic E-state index is 5.32. The Kier molecular flexibility index (Phi) is 1.95. The van der Waals surface area contributed by atoms with Crippen molar-refractivity contribution in [2.75, 3.05) is 18.8 Å². The highest BCUT2D eigenvalue weighted by molar-refractivity contribution is 5.07. The van der Waals surface area contributed by atoms with Crippen molar-refractivity contribution in [1.82, 2.24) is 15.5 Å². The minimum absolute atomic E-state index is 0.163. The van der Waals surface area contributed by atoms with Gasteiger partial charge in [0.15, 0.2) is 0 Å². The number of nitrogens with one attached hydrogen (secondary N) is 1. The zero-order valence-electron chi connectivity index (χ0n) is 6.79. The number of aromatic nitrogens is 2. The molecular weight excluding hydrogens is 156 g/mol. The summed E-state index contributed by atoms with van der Waals surface area (Å²) in [6, 6.07) is 0.163. The minimum Gasteiger partial charge on any atom is -0.408 e. The van der Waals surface area contributed by atoms with E-state index in [1.165, 1.54) is 0 Å². The Morgan fingerprint density at radius 2 is 2.42 bits per heavy atom. The van der Waals surface area contributed by atoms with Gasteiger partial charge in [0.05, 0.1) is 0 Å². The molecule has 0 radical (unpaired) electrons. The molecule has 5 nitrogen and oxygen atoms in total. The Bertz CT molecular complexity index is 254. The summed E-state index contributed by atoms with van der Waals surface area (Å²) in [5.41, 5.74) is 5.32. The van der Waals surface area contributed by atoms with Crippen LogP contribution in [0.15, 0.2) is 4.42 Å². The molecule has 0 aliphatic carbocycles. The molecule has 0 aromatic carbocycles. The van der Waals surface area contributed by atoms with Gasteiger partial charge in [-0.15, -0.1) is 5.10 Å². The van der Waals surface area contributed by atoms with Crippen molar-refractivity contribution in [3.05, 3.63) is 5.89 Å². The van der Waals surface area contributed by atoms with Gasteiger partial charge in [-0.1, -0.05) is 5.10 Å². The first kappa shape index (κ1) is 7.54. The lowest BCUT2D eigenvalue weighted by atomic mass is 10.00. The Hall–Kier alpha value is -1.10. The summed E-state index contributed by atoms with van der Waals surface area (Å²) in [6.07, 6.45) is 2.27. The molecule has 2 rings (SSSR count). The molecule has 1 aromatic rings. The molecule has 5 heteroatoms. The summed E-state index contributed by atoms with van der Waals surface area (Å²) in [4.78, 5) is 0. The number of nitrogen functional groups attached to an aromatic ring is 1. The zero-order chi connectivity index (χ0) is 8.39. The van der Waals surface area contributed by atoms with Gasteiger partial charge in [0, 0.05) is 12.5 Å². The number of rotatable bonds is 1. The first-order valence-electron chi connectivity index (χ1n) is 4.16. The van der Waals surface area contributed by atoms with Gasteiger partial charge >= 0.3 is 6.01 Å². The molecule has 1 aliphatic rings. The van der Waals surface area contributed by atoms with Crippen molar-refractivity contribution in [3.63, 3.8) is 0 Å². The van der Waals surface area contributed by atoms with Crippen LogP contribution in [0.2, 0.25) is 0 Å². The molecule has 0 amide bonds. The molecule has 1 unspecified atom stereocenters. The van der Waals surface area contributed by atoms with Gasteiger partial charge in [-0.3, -0.25) is 0 Å². The Labute approximate surface area is 70.3 Å². The molecule has 1 aliphatic heterocycles. The highest BCUT2D eigenvalue weighted by atomic mass is 16.4. The molecule has 2 heterocycles. The van der Waals surface area contributed by atoms with Crippen LogP contribution in [0, 0.1) is 0 Å². The van der Waals surface area contributed by atoms with Gasteiger partial charge in [0.1, 0.15) is 0 Å². The SMILES string of the molecule is Nc1nnc(C2CCCNC2)o1. The monoisotopic (exact) mass is 168 g/mol. The standard InChI is InChI=1S/C7H12N4O/c8-7-11-10-6(12-7)5-2-1-3-9-4-5/h5,9H,1-4H2,(H2,8,11). The molecule has 1 atom stereocenters. The number of nitrogens with two attached hydrogens (primary N) is 1. The number of hydrogen-bond acceptors (Lipinski definition) is 5. The van der Waals surface area contributed by atoms with Crippen molar-refractivity contribution >= 4 is 6.01 Å². The predicted octanol–water partition coefficient (Wildman–Crippen LogP) is 0.119. The molecule has 3 N–H and O–H groups in total. The molecule has 1 aromatic heterocycles. The fourth-order valence-electron chi connectivity index (χ4n) is 1.47. The maximum Gasteiger partial charge on any atom is 0.312 e. The first-order chi connectivity index (χ1) is 5.86. The van der Waals surface area contributed by atoms with Gasteiger partial charge in [0.2, 0.25) is 5.89 Å². The Morgan fingerprint density at radius 1 is 1.50 bits per heavy atom. The molecular formula is C7H12N4O. The van der Waals surface area contributed by atoms with Crippen LogP contribution in [0.25, 0.3) is 0 Å². The highest BCUT2D eigenvalue weighted by Gasteiger charge is 2.20. The third-order valence-electron chi connectivity index (χ3n) is 2.10. The molecule has 0 saturated carbocycles. The number of hydrogen-bond donors (Lipinski definition) is 2. The van der Waals surface area contributed by atoms with E-state index in [9.17, 15) is 0 Å². The van der Waals surface area contributed by atoms with E-state index < -0.39 is 0 Å². The van der Waals surface area contributed by atoms with Crippen molar-refractivity contribution in [1.29, 1.82) is 0 Å². The summed E-state index contributed by atoms with van der Waals surface area (Å²) in [7, 11) is 0. The van der Waals surface area contributed by atoms with Gasteiger partial charge in [-0.25, -0.2) is 0 Å². The second-order valence-electron chi connectivity index (χ2n) is 3.02. The number of piperidine rings is 1. The highest BCUT2D eigenvalue weighted by Crippen LogP contribution is 2.21. The van der Waals surface area contributed by atoms with Gasteiger partial charge in [-0.2, -0.15) is 0 Å². The molecule has 66 valence electrons. The van der Waals surface area contributed by atoms with Crippen molar-refractivity contribution in [2.45, 2.75) is 18.8 Å². The third-order valence-corrected chi connectivity index (χ3v) is 2.10. The van der Waals surface area contributed by atoms with Crippen molar-refractivity contribution in [2.24, 2.45) is 0 Å². The minimum atomic E-state index is 0.163. The van der Waals surface area contributed by atoms with E-state index in [1.807, 2.05) is 0 Å². The molecule has 0 spiro atoms. The van der Waals surface area contributed by atoms with E-state index in [1.54, 1.807) is 0 Å². The number of anilines is 1. The van der Waals surface area contributed by atoms with E-state index in [0.29, 0.717) is 11.8 Å². The van der Waals surface area contributed by atoms with E-state index >= 15 is 0 Å². The zero-order valence-corrected chi connectivity index (χ0v) is 6.79. The number of nitrogens with zero attached hydrogens (tertiary/aromatic N) is 2. The fourth-order valence-corrected chi connectivity index (χ4v) is 1.47.